The number of benzene rings is 2. The van der Waals surface area contributed by atoms with Gasteiger partial charge in [0.25, 0.3) is 0 Å². The SMILES string of the molecule is CN(CC(=O)OC(C)(C)C)C(c1ccccc1)c1ccc(F)cc1. The molecule has 2 rings (SSSR count). The summed E-state index contributed by atoms with van der Waals surface area (Å²) in [4.78, 5) is 14.1. The van der Waals surface area contributed by atoms with Crippen LogP contribution in [0.15, 0.2) is 54.6 Å². The van der Waals surface area contributed by atoms with Gasteiger partial charge in [0.15, 0.2) is 0 Å². The molecule has 0 N–H and O–H groups in total. The second kappa shape index (κ2) is 7.58. The van der Waals surface area contributed by atoms with Gasteiger partial charge >= 0.3 is 5.97 Å². The maximum Gasteiger partial charge on any atom is 0.320 e. The van der Waals surface area contributed by atoms with Gasteiger partial charge in [0.05, 0.1) is 12.6 Å². The number of esters is 1. The lowest BCUT2D eigenvalue weighted by Gasteiger charge is -2.29. The number of rotatable bonds is 5. The molecule has 4 heteroatoms. The molecule has 2 aromatic carbocycles. The van der Waals surface area contributed by atoms with Crippen LogP contribution in [0, 0.1) is 5.82 Å². The van der Waals surface area contributed by atoms with E-state index in [4.69, 9.17) is 4.74 Å². The number of carbonyl (C=O) groups is 1. The first-order valence-electron chi connectivity index (χ1n) is 7.99. The Morgan fingerprint density at radius 1 is 1.04 bits per heavy atom. The second-order valence-electron chi connectivity index (χ2n) is 6.87. The Kier molecular flexibility index (Phi) is 5.73. The van der Waals surface area contributed by atoms with Crippen LogP contribution in [0.5, 0.6) is 0 Å². The predicted molar refractivity (Wildman–Crippen MR) is 93.2 cm³/mol. The molecular formula is C20H24FNO2. The van der Waals surface area contributed by atoms with Crippen LogP contribution in [0.1, 0.15) is 37.9 Å². The number of nitrogens with zero attached hydrogens (tertiary/aromatic N) is 1. The zero-order valence-corrected chi connectivity index (χ0v) is 14.6. The molecule has 0 aliphatic carbocycles. The van der Waals surface area contributed by atoms with Crippen molar-refractivity contribution < 1.29 is 13.9 Å². The van der Waals surface area contributed by atoms with Gasteiger partial charge in [-0.2, -0.15) is 0 Å². The molecule has 1 unspecified atom stereocenters. The van der Waals surface area contributed by atoms with E-state index in [0.29, 0.717) is 0 Å². The number of ether oxygens (including phenoxy) is 1. The van der Waals surface area contributed by atoms with E-state index in [1.54, 1.807) is 12.1 Å². The monoisotopic (exact) mass is 329 g/mol. The van der Waals surface area contributed by atoms with Crippen molar-refractivity contribution in [3.8, 4) is 0 Å². The van der Waals surface area contributed by atoms with Gasteiger partial charge in [-0.25, -0.2) is 4.39 Å². The van der Waals surface area contributed by atoms with Crippen LogP contribution < -0.4 is 0 Å². The number of hydrogen-bond acceptors (Lipinski definition) is 3. The molecule has 0 aromatic heterocycles. The summed E-state index contributed by atoms with van der Waals surface area (Å²) in [6.45, 7) is 5.69. The predicted octanol–water partition coefficient (Wildman–Crippen LogP) is 4.19. The van der Waals surface area contributed by atoms with Gasteiger partial charge < -0.3 is 4.74 Å². The third-order valence-electron chi connectivity index (χ3n) is 3.54. The van der Waals surface area contributed by atoms with Crippen LogP contribution in [-0.4, -0.2) is 30.1 Å². The van der Waals surface area contributed by atoms with Gasteiger partial charge in [0.2, 0.25) is 0 Å². The van der Waals surface area contributed by atoms with Gasteiger partial charge in [-0.05, 0) is 51.1 Å². The summed E-state index contributed by atoms with van der Waals surface area (Å²) in [5.74, 6) is -0.562. The Balaban J connectivity index is 2.26. The molecule has 1 atom stereocenters. The van der Waals surface area contributed by atoms with Crippen molar-refractivity contribution in [3.05, 3.63) is 71.5 Å². The van der Waals surface area contributed by atoms with Gasteiger partial charge in [-0.3, -0.25) is 9.69 Å². The zero-order valence-electron chi connectivity index (χ0n) is 14.6. The number of halogens is 1. The molecule has 0 fully saturated rings. The second-order valence-corrected chi connectivity index (χ2v) is 6.87. The van der Waals surface area contributed by atoms with Gasteiger partial charge in [-0.1, -0.05) is 42.5 Å². The van der Waals surface area contributed by atoms with Gasteiger partial charge in [0, 0.05) is 0 Å². The third-order valence-corrected chi connectivity index (χ3v) is 3.54. The van der Waals surface area contributed by atoms with E-state index < -0.39 is 5.60 Å². The lowest BCUT2D eigenvalue weighted by Crippen LogP contribution is -2.35. The number of hydrogen-bond donors (Lipinski definition) is 0. The van der Waals surface area contributed by atoms with Crippen LogP contribution in [0.3, 0.4) is 0 Å². The summed E-state index contributed by atoms with van der Waals surface area (Å²) in [5, 5.41) is 0. The van der Waals surface area contributed by atoms with Crippen molar-refractivity contribution in [2.45, 2.75) is 32.4 Å². The van der Waals surface area contributed by atoms with Crippen molar-refractivity contribution in [1.82, 2.24) is 4.90 Å². The minimum absolute atomic E-state index is 0.147. The summed E-state index contributed by atoms with van der Waals surface area (Å²) >= 11 is 0. The Morgan fingerprint density at radius 2 is 1.58 bits per heavy atom. The smallest absolute Gasteiger partial charge is 0.320 e. The minimum atomic E-state index is -0.518. The lowest BCUT2D eigenvalue weighted by atomic mass is 9.97. The Labute approximate surface area is 143 Å². The Bertz CT molecular complexity index is 662. The van der Waals surface area contributed by atoms with Gasteiger partial charge in [-0.15, -0.1) is 0 Å². The van der Waals surface area contributed by atoms with Crippen molar-refractivity contribution in [2.24, 2.45) is 0 Å². The van der Waals surface area contributed by atoms with Crippen LogP contribution in [0.4, 0.5) is 4.39 Å². The van der Waals surface area contributed by atoms with E-state index in [2.05, 4.69) is 0 Å². The lowest BCUT2D eigenvalue weighted by molar-refractivity contribution is -0.156. The standard InChI is InChI=1S/C20H24FNO2/c1-20(2,3)24-18(23)14-22(4)19(15-8-6-5-7-9-15)16-10-12-17(21)13-11-16/h5-13,19H,14H2,1-4H3. The van der Waals surface area contributed by atoms with Crippen molar-refractivity contribution in [1.29, 1.82) is 0 Å². The van der Waals surface area contributed by atoms with Crippen LogP contribution in [-0.2, 0) is 9.53 Å². The summed E-state index contributed by atoms with van der Waals surface area (Å²) in [5.41, 5.74) is 1.44. The fourth-order valence-electron chi connectivity index (χ4n) is 2.65. The van der Waals surface area contributed by atoms with Crippen LogP contribution >= 0.6 is 0 Å². The molecule has 0 heterocycles. The summed E-state index contributed by atoms with van der Waals surface area (Å²) in [6, 6.07) is 16.1. The van der Waals surface area contributed by atoms with Crippen molar-refractivity contribution in [3.63, 3.8) is 0 Å². The molecule has 0 radical (unpaired) electrons. The van der Waals surface area contributed by atoms with E-state index >= 15 is 0 Å². The molecule has 0 bridgehead atoms. The van der Waals surface area contributed by atoms with Crippen molar-refractivity contribution in [2.75, 3.05) is 13.6 Å². The van der Waals surface area contributed by atoms with E-state index in [1.165, 1.54) is 12.1 Å². The highest BCUT2D eigenvalue weighted by atomic mass is 19.1. The third kappa shape index (κ3) is 5.17. The fraction of sp³-hybridized carbons (Fsp3) is 0.350. The first kappa shape index (κ1) is 18.1. The van der Waals surface area contributed by atoms with E-state index in [0.717, 1.165) is 11.1 Å². The average Bonchev–Trinajstić information content (AvgIpc) is 2.48. The molecule has 2 aromatic rings. The maximum absolute atomic E-state index is 13.3. The molecule has 0 saturated carbocycles. The minimum Gasteiger partial charge on any atom is -0.459 e. The van der Waals surface area contributed by atoms with E-state index in [9.17, 15) is 9.18 Å². The Morgan fingerprint density at radius 3 is 2.12 bits per heavy atom. The topological polar surface area (TPSA) is 29.5 Å². The molecule has 128 valence electrons. The molecule has 3 nitrogen and oxygen atoms in total. The fourth-order valence-corrected chi connectivity index (χ4v) is 2.65. The van der Waals surface area contributed by atoms with E-state index in [1.807, 2.05) is 63.1 Å². The van der Waals surface area contributed by atoms with Gasteiger partial charge in [0.1, 0.15) is 11.4 Å². The first-order valence-corrected chi connectivity index (χ1v) is 7.99. The highest BCUT2D eigenvalue weighted by molar-refractivity contribution is 5.72. The first-order chi connectivity index (χ1) is 11.3. The highest BCUT2D eigenvalue weighted by Crippen LogP contribution is 2.27. The average molecular weight is 329 g/mol. The molecule has 24 heavy (non-hydrogen) atoms. The normalized spacial score (nSPS) is 12.9. The molecule has 0 spiro atoms. The Hall–Kier alpha value is -2.20. The summed E-state index contributed by atoms with van der Waals surface area (Å²) in [6.07, 6.45) is 0. The molecular weight excluding hydrogens is 305 g/mol. The van der Waals surface area contributed by atoms with E-state index in [-0.39, 0.29) is 24.4 Å². The zero-order chi connectivity index (χ0) is 17.7. The molecule has 0 aliphatic rings. The number of likely N-dealkylation sites (N-methyl/N-ethyl adjacent to an activating group) is 1. The highest BCUT2D eigenvalue weighted by Gasteiger charge is 2.24. The van der Waals surface area contributed by atoms with Crippen LogP contribution in [0.2, 0.25) is 0 Å². The summed E-state index contributed by atoms with van der Waals surface area (Å²) in [7, 11) is 1.87. The molecule has 0 saturated heterocycles. The summed E-state index contributed by atoms with van der Waals surface area (Å²) < 4.78 is 18.7. The van der Waals surface area contributed by atoms with Crippen molar-refractivity contribution >= 4 is 5.97 Å². The maximum atomic E-state index is 13.3. The molecule has 0 amide bonds. The van der Waals surface area contributed by atoms with Crippen LogP contribution in [0.25, 0.3) is 0 Å². The largest absolute Gasteiger partial charge is 0.459 e. The molecule has 0 aliphatic heterocycles. The quantitative estimate of drug-likeness (QED) is 0.771. The number of carbonyl (C=O) groups excluding carboxylic acids is 1.